The number of aliphatic carboxylic acids is 2. The third-order valence-electron chi connectivity index (χ3n) is 4.05. The third kappa shape index (κ3) is 5.51. The van der Waals surface area contributed by atoms with Gasteiger partial charge in [0, 0.05) is 0 Å². The van der Waals surface area contributed by atoms with Crippen LogP contribution in [0.25, 0.3) is 0 Å². The Bertz CT molecular complexity index is 868. The molecule has 30 heavy (non-hydrogen) atoms. The largest absolute Gasteiger partial charge is 0.481 e. The molecular weight excluding hydrogens is 435 g/mol. The van der Waals surface area contributed by atoms with E-state index < -0.39 is 80.8 Å². The zero-order valence-corrected chi connectivity index (χ0v) is 15.8. The molecule has 168 valence electrons. The average molecular weight is 454 g/mol. The topological polar surface area (TPSA) is 264 Å². The summed E-state index contributed by atoms with van der Waals surface area (Å²) in [4.78, 5) is 55.1. The van der Waals surface area contributed by atoms with E-state index in [9.17, 15) is 29.2 Å². The second-order valence-corrected chi connectivity index (χ2v) is 7.42. The highest BCUT2D eigenvalue weighted by Gasteiger charge is 2.45. The highest BCUT2D eigenvalue weighted by atomic mass is 31.2. The Balaban J connectivity index is 2.16. The number of anilines is 1. The Morgan fingerprint density at radius 3 is 2.47 bits per heavy atom. The second kappa shape index (κ2) is 9.05. The lowest BCUT2D eigenvalue weighted by Crippen LogP contribution is -2.42. The van der Waals surface area contributed by atoms with Crippen molar-refractivity contribution < 1.29 is 58.4 Å². The lowest BCUT2D eigenvalue weighted by Gasteiger charge is -2.18. The SMILES string of the molecule is Nc1c(C(=O)N[C@@H](CC(=O)O)C(=O)O)ncn1C1O[C@H](COP(=O)(O)O)C(O)C1O. The molecule has 0 bridgehead atoms. The van der Waals surface area contributed by atoms with E-state index in [0.29, 0.717) is 0 Å². The second-order valence-electron chi connectivity index (χ2n) is 6.18. The van der Waals surface area contributed by atoms with Crippen LogP contribution < -0.4 is 11.1 Å². The van der Waals surface area contributed by atoms with Gasteiger partial charge in [-0.05, 0) is 0 Å². The van der Waals surface area contributed by atoms with Gasteiger partial charge in [0.2, 0.25) is 0 Å². The maximum absolute atomic E-state index is 12.2. The van der Waals surface area contributed by atoms with Gasteiger partial charge in [-0.2, -0.15) is 0 Å². The number of carboxylic acid groups (broad SMARTS) is 2. The number of nitrogen functional groups attached to an aromatic ring is 1. The number of phosphoric ester groups is 1. The maximum Gasteiger partial charge on any atom is 0.469 e. The number of rotatable bonds is 9. The Morgan fingerprint density at radius 2 is 1.93 bits per heavy atom. The third-order valence-corrected chi connectivity index (χ3v) is 4.53. The van der Waals surface area contributed by atoms with Crippen LogP contribution in [0.3, 0.4) is 0 Å². The minimum Gasteiger partial charge on any atom is -0.481 e. The van der Waals surface area contributed by atoms with Crippen molar-refractivity contribution in [3.8, 4) is 0 Å². The number of carbonyl (C=O) groups is 3. The molecule has 1 amide bonds. The van der Waals surface area contributed by atoms with Gasteiger partial charge in [-0.25, -0.2) is 14.3 Å². The summed E-state index contributed by atoms with van der Waals surface area (Å²) in [6.07, 6.45) is -6.03. The number of aliphatic hydroxyl groups is 2. The van der Waals surface area contributed by atoms with E-state index in [1.807, 2.05) is 5.32 Å². The molecule has 17 heteroatoms. The number of hydrogen-bond acceptors (Lipinski definition) is 10. The number of carbonyl (C=O) groups excluding carboxylic acids is 1. The fourth-order valence-electron chi connectivity index (χ4n) is 2.62. The summed E-state index contributed by atoms with van der Waals surface area (Å²) < 4.78 is 21.2. The van der Waals surface area contributed by atoms with E-state index in [0.717, 1.165) is 10.9 Å². The number of carboxylic acids is 2. The van der Waals surface area contributed by atoms with Crippen LogP contribution in [0.15, 0.2) is 6.33 Å². The predicted molar refractivity (Wildman–Crippen MR) is 91.7 cm³/mol. The molecule has 9 N–H and O–H groups in total. The molecule has 16 nitrogen and oxygen atoms in total. The first-order chi connectivity index (χ1) is 13.8. The molecule has 5 atom stereocenters. The highest BCUT2D eigenvalue weighted by Crippen LogP contribution is 2.38. The summed E-state index contributed by atoms with van der Waals surface area (Å²) >= 11 is 0. The van der Waals surface area contributed by atoms with Crippen molar-refractivity contribution in [3.05, 3.63) is 12.0 Å². The quantitative estimate of drug-likeness (QED) is 0.171. The van der Waals surface area contributed by atoms with Gasteiger partial charge in [-0.15, -0.1) is 0 Å². The molecular formula is C13H19N4O12P. The van der Waals surface area contributed by atoms with Gasteiger partial charge in [0.25, 0.3) is 5.91 Å². The fraction of sp³-hybridized carbons (Fsp3) is 0.538. The number of imidazole rings is 1. The summed E-state index contributed by atoms with van der Waals surface area (Å²) in [7, 11) is -4.87. The number of aromatic nitrogens is 2. The van der Waals surface area contributed by atoms with Gasteiger partial charge in [0.05, 0.1) is 19.4 Å². The number of phosphoric acid groups is 1. The van der Waals surface area contributed by atoms with E-state index in [1.165, 1.54) is 0 Å². The van der Waals surface area contributed by atoms with E-state index in [4.69, 9.17) is 30.5 Å². The van der Waals surface area contributed by atoms with Gasteiger partial charge in [-0.3, -0.25) is 18.7 Å². The first-order valence-corrected chi connectivity index (χ1v) is 9.64. The van der Waals surface area contributed by atoms with Crippen LogP contribution >= 0.6 is 7.82 Å². The molecule has 1 aromatic heterocycles. The van der Waals surface area contributed by atoms with Gasteiger partial charge in [0.1, 0.15) is 30.2 Å². The Labute approximate surface area is 167 Å². The maximum atomic E-state index is 12.2. The van der Waals surface area contributed by atoms with E-state index in [2.05, 4.69) is 9.51 Å². The number of nitrogens with one attached hydrogen (secondary N) is 1. The number of aliphatic hydroxyl groups excluding tert-OH is 2. The molecule has 0 aromatic carbocycles. The molecule has 0 saturated carbocycles. The average Bonchev–Trinajstić information content (AvgIpc) is 3.12. The van der Waals surface area contributed by atoms with Gasteiger partial charge >= 0.3 is 19.8 Å². The molecule has 3 unspecified atom stereocenters. The number of nitrogens with zero attached hydrogens (tertiary/aromatic N) is 2. The van der Waals surface area contributed by atoms with Crippen molar-refractivity contribution in [1.82, 2.24) is 14.9 Å². The van der Waals surface area contributed by atoms with Crippen LogP contribution in [0.4, 0.5) is 5.82 Å². The van der Waals surface area contributed by atoms with E-state index >= 15 is 0 Å². The molecule has 0 spiro atoms. The van der Waals surface area contributed by atoms with Crippen molar-refractivity contribution in [2.45, 2.75) is 37.0 Å². The summed E-state index contributed by atoms with van der Waals surface area (Å²) in [5.41, 5.74) is 5.27. The molecule has 0 radical (unpaired) electrons. The fourth-order valence-corrected chi connectivity index (χ4v) is 2.96. The first kappa shape index (κ1) is 23.7. The standard InChI is InChI=1S/C13H19N4O12P/c14-10-7(11(22)16-4(13(23)24)1-6(18)19)15-3-17(10)12-9(21)8(20)5(29-12)2-28-30(25,26)27/h3-5,8-9,12,20-21H,1-2,14H2,(H,16,22)(H,18,19)(H,23,24)(H2,25,26,27)/t4-,5+,8?,9?,12?/m0/s1. The van der Waals surface area contributed by atoms with Crippen LogP contribution in [0, 0.1) is 0 Å². The molecule has 2 heterocycles. The lowest BCUT2D eigenvalue weighted by atomic mass is 10.1. The molecule has 2 rings (SSSR count). The van der Waals surface area contributed by atoms with Crippen molar-refractivity contribution >= 4 is 31.5 Å². The molecule has 1 fully saturated rings. The number of hydrogen-bond donors (Lipinski definition) is 8. The van der Waals surface area contributed by atoms with Crippen molar-refractivity contribution in [2.75, 3.05) is 12.3 Å². The van der Waals surface area contributed by atoms with Crippen LogP contribution in [0.5, 0.6) is 0 Å². The van der Waals surface area contributed by atoms with Crippen molar-refractivity contribution in [3.63, 3.8) is 0 Å². The Kier molecular flexibility index (Phi) is 7.14. The monoisotopic (exact) mass is 454 g/mol. The van der Waals surface area contributed by atoms with Crippen LogP contribution in [0.2, 0.25) is 0 Å². The van der Waals surface area contributed by atoms with E-state index in [-0.39, 0.29) is 0 Å². The molecule has 0 aliphatic carbocycles. The Hall–Kier alpha value is -2.59. The normalized spacial score (nSPS) is 25.1. The highest BCUT2D eigenvalue weighted by molar-refractivity contribution is 7.46. The van der Waals surface area contributed by atoms with Gasteiger partial charge in [0.15, 0.2) is 11.9 Å². The summed E-state index contributed by atoms with van der Waals surface area (Å²) in [6, 6.07) is -1.76. The van der Waals surface area contributed by atoms with Crippen LogP contribution in [-0.2, 0) is 23.4 Å². The minimum absolute atomic E-state index is 0.417. The molecule has 1 aliphatic heterocycles. The lowest BCUT2D eigenvalue weighted by molar-refractivity contribution is -0.145. The van der Waals surface area contributed by atoms with Crippen molar-refractivity contribution in [2.24, 2.45) is 0 Å². The smallest absolute Gasteiger partial charge is 0.469 e. The first-order valence-electron chi connectivity index (χ1n) is 8.11. The van der Waals surface area contributed by atoms with Crippen LogP contribution in [0.1, 0.15) is 23.1 Å². The summed E-state index contributed by atoms with van der Waals surface area (Å²) in [6.45, 7) is -0.767. The molecule has 1 saturated heterocycles. The zero-order chi connectivity index (χ0) is 22.8. The summed E-state index contributed by atoms with van der Waals surface area (Å²) in [5.74, 6) is -4.61. The molecule has 1 aliphatic rings. The van der Waals surface area contributed by atoms with Crippen LogP contribution in [-0.4, -0.2) is 88.6 Å². The van der Waals surface area contributed by atoms with Crippen molar-refractivity contribution in [1.29, 1.82) is 0 Å². The number of nitrogens with two attached hydrogens (primary N) is 1. The van der Waals surface area contributed by atoms with Gasteiger partial charge < -0.3 is 46.0 Å². The zero-order valence-electron chi connectivity index (χ0n) is 14.9. The molecule has 1 aromatic rings. The minimum atomic E-state index is -4.87. The Morgan fingerprint density at radius 1 is 1.30 bits per heavy atom. The summed E-state index contributed by atoms with van der Waals surface area (Å²) in [5, 5.41) is 39.7. The number of amides is 1. The van der Waals surface area contributed by atoms with E-state index in [1.54, 1.807) is 0 Å². The van der Waals surface area contributed by atoms with Gasteiger partial charge in [-0.1, -0.05) is 0 Å². The predicted octanol–water partition coefficient (Wildman–Crippen LogP) is -3.15. The number of ether oxygens (including phenoxy) is 1.